The molecule has 126 valence electrons. The summed E-state index contributed by atoms with van der Waals surface area (Å²) in [5.74, 6) is 0.292. The van der Waals surface area contributed by atoms with E-state index < -0.39 is 6.03 Å². The van der Waals surface area contributed by atoms with E-state index >= 15 is 0 Å². The highest BCUT2D eigenvalue weighted by Gasteiger charge is 2.14. The zero-order valence-electron chi connectivity index (χ0n) is 14.0. The highest BCUT2D eigenvalue weighted by Crippen LogP contribution is 2.23. The summed E-state index contributed by atoms with van der Waals surface area (Å²) >= 11 is 0. The van der Waals surface area contributed by atoms with Crippen LogP contribution in [0.4, 0.5) is 16.2 Å². The number of anilines is 2. The van der Waals surface area contributed by atoms with E-state index in [-0.39, 0.29) is 12.5 Å². The highest BCUT2D eigenvalue weighted by atomic mass is 16.5. The van der Waals surface area contributed by atoms with E-state index in [0.29, 0.717) is 17.1 Å². The minimum absolute atomic E-state index is 0.0607. The van der Waals surface area contributed by atoms with Crippen LogP contribution in [-0.2, 0) is 4.79 Å². The molecule has 0 spiro atoms. The van der Waals surface area contributed by atoms with Crippen LogP contribution in [0.5, 0.6) is 5.75 Å². The van der Waals surface area contributed by atoms with E-state index in [1.54, 1.807) is 25.2 Å². The van der Waals surface area contributed by atoms with Gasteiger partial charge in [0.15, 0.2) is 0 Å². The maximum atomic E-state index is 12.2. The second-order valence-electron chi connectivity index (χ2n) is 5.40. The molecule has 2 rings (SSSR count). The summed E-state index contributed by atoms with van der Waals surface area (Å²) in [6.45, 7) is 1.91. The molecule has 0 bridgehead atoms. The molecule has 0 aliphatic heterocycles. The smallest absolute Gasteiger partial charge is 0.322 e. The van der Waals surface area contributed by atoms with E-state index in [4.69, 9.17) is 4.74 Å². The molecule has 0 fully saturated rings. The number of nitrogens with zero attached hydrogens (tertiary/aromatic N) is 1. The molecule has 0 unspecified atom stereocenters. The molecule has 3 amide bonds. The van der Waals surface area contributed by atoms with Crippen LogP contribution < -0.4 is 15.4 Å². The Morgan fingerprint density at radius 3 is 2.38 bits per heavy atom. The largest absolute Gasteiger partial charge is 0.495 e. The number of hydrogen-bond acceptors (Lipinski definition) is 3. The van der Waals surface area contributed by atoms with Crippen molar-refractivity contribution in [2.24, 2.45) is 0 Å². The molecule has 0 aromatic heterocycles. The van der Waals surface area contributed by atoms with E-state index in [0.717, 1.165) is 5.56 Å². The lowest BCUT2D eigenvalue weighted by molar-refractivity contribution is -0.116. The van der Waals surface area contributed by atoms with Gasteiger partial charge in [-0.05, 0) is 31.2 Å². The van der Waals surface area contributed by atoms with Crippen molar-refractivity contribution >= 4 is 23.3 Å². The number of methoxy groups -OCH3 is 1. The van der Waals surface area contributed by atoms with Gasteiger partial charge in [0, 0.05) is 12.7 Å². The van der Waals surface area contributed by atoms with E-state index in [2.05, 4.69) is 10.6 Å². The lowest BCUT2D eigenvalue weighted by Crippen LogP contribution is -2.37. The first-order valence-corrected chi connectivity index (χ1v) is 7.51. The van der Waals surface area contributed by atoms with E-state index in [1.807, 2.05) is 37.3 Å². The van der Waals surface area contributed by atoms with Gasteiger partial charge in [-0.1, -0.05) is 29.8 Å². The Bertz CT molecular complexity index is 714. The topological polar surface area (TPSA) is 70.7 Å². The molecule has 6 nitrogen and oxygen atoms in total. The molecule has 0 aliphatic rings. The Morgan fingerprint density at radius 2 is 1.71 bits per heavy atom. The molecular weight excluding hydrogens is 306 g/mol. The van der Waals surface area contributed by atoms with Gasteiger partial charge < -0.3 is 20.3 Å². The minimum atomic E-state index is -0.390. The number of nitrogens with one attached hydrogen (secondary N) is 2. The molecule has 0 radical (unpaired) electrons. The zero-order valence-corrected chi connectivity index (χ0v) is 14.0. The van der Waals surface area contributed by atoms with Gasteiger partial charge in [-0.2, -0.15) is 0 Å². The Labute approximate surface area is 141 Å². The molecule has 2 aromatic carbocycles. The van der Waals surface area contributed by atoms with Gasteiger partial charge in [0.2, 0.25) is 5.91 Å². The van der Waals surface area contributed by atoms with Gasteiger partial charge in [-0.15, -0.1) is 0 Å². The van der Waals surface area contributed by atoms with Crippen LogP contribution in [0, 0.1) is 6.92 Å². The average Bonchev–Trinajstić information content (AvgIpc) is 2.57. The van der Waals surface area contributed by atoms with Crippen molar-refractivity contribution < 1.29 is 14.3 Å². The van der Waals surface area contributed by atoms with Crippen LogP contribution in [0.25, 0.3) is 0 Å². The second kappa shape index (κ2) is 8.01. The van der Waals surface area contributed by atoms with Gasteiger partial charge in [-0.3, -0.25) is 4.79 Å². The number of amides is 3. The Balaban J connectivity index is 1.91. The van der Waals surface area contributed by atoms with Gasteiger partial charge in [0.05, 0.1) is 12.8 Å². The minimum Gasteiger partial charge on any atom is -0.495 e. The standard InChI is InChI=1S/C18H21N3O3/c1-13-8-10-14(11-9-13)19-17(22)12-21(2)18(23)20-15-6-4-5-7-16(15)24-3/h4-11H,12H2,1-3H3,(H,19,22)(H,20,23). The summed E-state index contributed by atoms with van der Waals surface area (Å²) in [6.07, 6.45) is 0. The summed E-state index contributed by atoms with van der Waals surface area (Å²) in [4.78, 5) is 25.5. The molecular formula is C18H21N3O3. The summed E-state index contributed by atoms with van der Waals surface area (Å²) < 4.78 is 5.18. The van der Waals surface area contributed by atoms with Crippen LogP contribution in [0.1, 0.15) is 5.56 Å². The SMILES string of the molecule is COc1ccccc1NC(=O)N(C)CC(=O)Nc1ccc(C)cc1. The Hall–Kier alpha value is -3.02. The highest BCUT2D eigenvalue weighted by molar-refractivity contribution is 5.97. The summed E-state index contributed by atoms with van der Waals surface area (Å²) in [5, 5.41) is 5.48. The number of carbonyl (C=O) groups is 2. The fraction of sp³-hybridized carbons (Fsp3) is 0.222. The van der Waals surface area contributed by atoms with Gasteiger partial charge >= 0.3 is 6.03 Å². The number of likely N-dealkylation sites (N-methyl/N-ethyl adjacent to an activating group) is 1. The number of urea groups is 1. The lowest BCUT2D eigenvalue weighted by atomic mass is 10.2. The third-order valence-electron chi connectivity index (χ3n) is 3.41. The first-order chi connectivity index (χ1) is 11.5. The summed E-state index contributed by atoms with van der Waals surface area (Å²) in [7, 11) is 3.09. The predicted molar refractivity (Wildman–Crippen MR) is 94.5 cm³/mol. The maximum Gasteiger partial charge on any atom is 0.322 e. The Morgan fingerprint density at radius 1 is 1.04 bits per heavy atom. The molecule has 0 aliphatic carbocycles. The molecule has 24 heavy (non-hydrogen) atoms. The summed E-state index contributed by atoms with van der Waals surface area (Å²) in [5.41, 5.74) is 2.36. The average molecular weight is 327 g/mol. The van der Waals surface area contributed by atoms with Crippen LogP contribution in [-0.4, -0.2) is 37.5 Å². The number of hydrogen-bond donors (Lipinski definition) is 2. The number of carbonyl (C=O) groups excluding carboxylic acids is 2. The van der Waals surface area contributed by atoms with Gasteiger partial charge in [-0.25, -0.2) is 4.79 Å². The van der Waals surface area contributed by atoms with Crippen LogP contribution >= 0.6 is 0 Å². The fourth-order valence-corrected chi connectivity index (χ4v) is 2.08. The molecule has 0 saturated heterocycles. The number of benzene rings is 2. The van der Waals surface area contributed by atoms with Crippen molar-refractivity contribution in [1.29, 1.82) is 0 Å². The fourth-order valence-electron chi connectivity index (χ4n) is 2.08. The third-order valence-corrected chi connectivity index (χ3v) is 3.41. The molecule has 0 saturated carbocycles. The lowest BCUT2D eigenvalue weighted by Gasteiger charge is -2.18. The molecule has 0 atom stereocenters. The van der Waals surface area contributed by atoms with Crippen molar-refractivity contribution in [3.8, 4) is 5.75 Å². The normalized spacial score (nSPS) is 9.96. The summed E-state index contributed by atoms with van der Waals surface area (Å²) in [6, 6.07) is 14.2. The van der Waals surface area contributed by atoms with Crippen molar-refractivity contribution in [3.05, 3.63) is 54.1 Å². The monoisotopic (exact) mass is 327 g/mol. The van der Waals surface area contributed by atoms with Crippen LogP contribution in [0.3, 0.4) is 0 Å². The zero-order chi connectivity index (χ0) is 17.5. The molecule has 6 heteroatoms. The van der Waals surface area contributed by atoms with E-state index in [1.165, 1.54) is 12.0 Å². The van der Waals surface area contributed by atoms with Crippen LogP contribution in [0.2, 0.25) is 0 Å². The number of para-hydroxylation sites is 2. The first kappa shape index (κ1) is 17.3. The second-order valence-corrected chi connectivity index (χ2v) is 5.40. The maximum absolute atomic E-state index is 12.2. The van der Waals surface area contributed by atoms with Crippen molar-refractivity contribution in [2.45, 2.75) is 6.92 Å². The van der Waals surface area contributed by atoms with Crippen molar-refractivity contribution in [1.82, 2.24) is 4.90 Å². The predicted octanol–water partition coefficient (Wildman–Crippen LogP) is 3.11. The molecule has 0 heterocycles. The Kier molecular flexibility index (Phi) is 5.78. The number of aryl methyl sites for hydroxylation is 1. The van der Waals surface area contributed by atoms with Crippen LogP contribution in [0.15, 0.2) is 48.5 Å². The van der Waals surface area contributed by atoms with Gasteiger partial charge in [0.1, 0.15) is 12.3 Å². The molecule has 2 aromatic rings. The van der Waals surface area contributed by atoms with Crippen molar-refractivity contribution in [2.75, 3.05) is 31.3 Å². The number of ether oxygens (including phenoxy) is 1. The molecule has 2 N–H and O–H groups in total. The van der Waals surface area contributed by atoms with Crippen molar-refractivity contribution in [3.63, 3.8) is 0 Å². The van der Waals surface area contributed by atoms with E-state index in [9.17, 15) is 9.59 Å². The quantitative estimate of drug-likeness (QED) is 0.886. The van der Waals surface area contributed by atoms with Gasteiger partial charge in [0.25, 0.3) is 0 Å². The number of rotatable bonds is 5. The first-order valence-electron chi connectivity index (χ1n) is 7.51. The third kappa shape index (κ3) is 4.74.